The van der Waals surface area contributed by atoms with Gasteiger partial charge in [0.25, 0.3) is 0 Å². The van der Waals surface area contributed by atoms with Crippen LogP contribution in [0.5, 0.6) is 0 Å². The summed E-state index contributed by atoms with van der Waals surface area (Å²) in [5, 5.41) is 11.7. The summed E-state index contributed by atoms with van der Waals surface area (Å²) < 4.78 is 0.811. The molecule has 0 atom stereocenters. The summed E-state index contributed by atoms with van der Waals surface area (Å²) in [6, 6.07) is 2.00. The highest BCUT2D eigenvalue weighted by atomic mass is 32.2. The average Bonchev–Trinajstić information content (AvgIpc) is 2.94. The lowest BCUT2D eigenvalue weighted by atomic mass is 9.93. The zero-order valence-electron chi connectivity index (χ0n) is 12.9. The Bertz CT molecular complexity index is 680. The van der Waals surface area contributed by atoms with E-state index < -0.39 is 0 Å². The Balaban J connectivity index is 2.14. The first-order valence-electron chi connectivity index (χ1n) is 6.68. The number of aromatic nitrogens is 2. The van der Waals surface area contributed by atoms with Gasteiger partial charge < -0.3 is 5.32 Å². The minimum atomic E-state index is 0.143. The minimum Gasteiger partial charge on any atom is -0.363 e. The van der Waals surface area contributed by atoms with E-state index in [0.29, 0.717) is 5.75 Å². The third-order valence-electron chi connectivity index (χ3n) is 3.73. The Morgan fingerprint density at radius 3 is 2.52 bits per heavy atom. The van der Waals surface area contributed by atoms with Crippen molar-refractivity contribution in [1.82, 2.24) is 10.2 Å². The second kappa shape index (κ2) is 6.58. The third kappa shape index (κ3) is 3.44. The second-order valence-corrected chi connectivity index (χ2v) is 7.15. The molecular weight excluding hydrogens is 302 g/mol. The number of rotatable bonds is 5. The standard InChI is InChI=1S/C15H19N3OS2/c1-8-6-12(11(4)10(3)9(8)2)13(19)7-20-15-18-17-14(16-5)21-15/h6H,7H2,1-5H3,(H,16,17). The van der Waals surface area contributed by atoms with Crippen molar-refractivity contribution in [2.45, 2.75) is 32.0 Å². The van der Waals surface area contributed by atoms with E-state index in [1.807, 2.05) is 13.0 Å². The van der Waals surface area contributed by atoms with Gasteiger partial charge in [0.05, 0.1) is 5.75 Å². The Morgan fingerprint density at radius 2 is 1.90 bits per heavy atom. The van der Waals surface area contributed by atoms with Gasteiger partial charge >= 0.3 is 0 Å². The molecule has 21 heavy (non-hydrogen) atoms. The van der Waals surface area contributed by atoms with E-state index in [-0.39, 0.29) is 5.78 Å². The summed E-state index contributed by atoms with van der Waals surface area (Å²) in [7, 11) is 1.81. The highest BCUT2D eigenvalue weighted by molar-refractivity contribution is 8.01. The number of Topliss-reactive ketones (excluding diaryl/α,β-unsaturated/α-hetero) is 1. The van der Waals surface area contributed by atoms with Gasteiger partial charge in [-0.05, 0) is 56.0 Å². The fraction of sp³-hybridized carbons (Fsp3) is 0.400. The van der Waals surface area contributed by atoms with E-state index in [4.69, 9.17) is 0 Å². The van der Waals surface area contributed by atoms with Crippen LogP contribution in [0.2, 0.25) is 0 Å². The summed E-state index contributed by atoms with van der Waals surface area (Å²) in [6.45, 7) is 8.24. The van der Waals surface area contributed by atoms with E-state index in [9.17, 15) is 4.79 Å². The fourth-order valence-corrected chi connectivity index (χ4v) is 3.66. The maximum absolute atomic E-state index is 12.5. The van der Waals surface area contributed by atoms with Crippen molar-refractivity contribution >= 4 is 34.0 Å². The molecule has 6 heteroatoms. The first-order chi connectivity index (χ1) is 9.93. The number of nitrogens with zero attached hydrogens (tertiary/aromatic N) is 2. The molecule has 0 spiro atoms. The van der Waals surface area contributed by atoms with Gasteiger partial charge in [0, 0.05) is 12.6 Å². The smallest absolute Gasteiger partial charge is 0.206 e. The molecule has 0 radical (unpaired) electrons. The second-order valence-electron chi connectivity index (χ2n) is 4.95. The summed E-state index contributed by atoms with van der Waals surface area (Å²) in [5.74, 6) is 0.533. The minimum absolute atomic E-state index is 0.143. The number of anilines is 1. The van der Waals surface area contributed by atoms with Gasteiger partial charge in [-0.15, -0.1) is 10.2 Å². The molecule has 0 unspecified atom stereocenters. The maximum Gasteiger partial charge on any atom is 0.206 e. The zero-order chi connectivity index (χ0) is 15.6. The van der Waals surface area contributed by atoms with Gasteiger partial charge in [-0.25, -0.2) is 0 Å². The highest BCUT2D eigenvalue weighted by Gasteiger charge is 2.15. The van der Waals surface area contributed by atoms with E-state index in [0.717, 1.165) is 20.6 Å². The molecule has 4 nitrogen and oxygen atoms in total. The van der Waals surface area contributed by atoms with Crippen molar-refractivity contribution in [3.63, 3.8) is 0 Å². The molecule has 0 aliphatic rings. The Labute approximate surface area is 133 Å². The SMILES string of the molecule is CNc1nnc(SCC(=O)c2cc(C)c(C)c(C)c2C)s1. The van der Waals surface area contributed by atoms with Crippen LogP contribution in [0.25, 0.3) is 0 Å². The van der Waals surface area contributed by atoms with Crippen LogP contribution in [0.3, 0.4) is 0 Å². The number of hydrogen-bond donors (Lipinski definition) is 1. The van der Waals surface area contributed by atoms with E-state index in [2.05, 4.69) is 36.3 Å². The lowest BCUT2D eigenvalue weighted by molar-refractivity contribution is 0.102. The number of aryl methyl sites for hydroxylation is 1. The van der Waals surface area contributed by atoms with Crippen LogP contribution in [0.15, 0.2) is 10.4 Å². The Morgan fingerprint density at radius 1 is 1.19 bits per heavy atom. The molecule has 0 bridgehead atoms. The number of carbonyl (C=O) groups is 1. The molecule has 0 aliphatic heterocycles. The molecule has 1 heterocycles. The van der Waals surface area contributed by atoms with Gasteiger partial charge in [-0.1, -0.05) is 23.1 Å². The van der Waals surface area contributed by atoms with Crippen LogP contribution in [0.4, 0.5) is 5.13 Å². The van der Waals surface area contributed by atoms with Crippen molar-refractivity contribution in [3.05, 3.63) is 33.9 Å². The molecule has 0 saturated heterocycles. The zero-order valence-corrected chi connectivity index (χ0v) is 14.5. The van der Waals surface area contributed by atoms with Gasteiger partial charge in [-0.2, -0.15) is 0 Å². The molecule has 2 aromatic rings. The van der Waals surface area contributed by atoms with Crippen molar-refractivity contribution in [2.24, 2.45) is 0 Å². The molecule has 2 rings (SSSR count). The maximum atomic E-state index is 12.5. The van der Waals surface area contributed by atoms with Crippen molar-refractivity contribution in [1.29, 1.82) is 0 Å². The van der Waals surface area contributed by atoms with Crippen LogP contribution < -0.4 is 5.32 Å². The van der Waals surface area contributed by atoms with E-state index in [1.54, 1.807) is 7.05 Å². The van der Waals surface area contributed by atoms with Crippen LogP contribution in [-0.4, -0.2) is 28.8 Å². The van der Waals surface area contributed by atoms with Gasteiger partial charge in [0.15, 0.2) is 10.1 Å². The number of benzene rings is 1. The summed E-state index contributed by atoms with van der Waals surface area (Å²) >= 11 is 2.90. The van der Waals surface area contributed by atoms with Gasteiger partial charge in [0.1, 0.15) is 0 Å². The topological polar surface area (TPSA) is 54.9 Å². The predicted octanol–water partition coefficient (Wildman–Crippen LogP) is 3.79. The van der Waals surface area contributed by atoms with Gasteiger partial charge in [-0.3, -0.25) is 4.79 Å². The Kier molecular flexibility index (Phi) is 5.00. The third-order valence-corrected chi connectivity index (χ3v) is 5.80. The lowest BCUT2D eigenvalue weighted by Gasteiger charge is -2.13. The number of ketones is 1. The monoisotopic (exact) mass is 321 g/mol. The first-order valence-corrected chi connectivity index (χ1v) is 8.49. The fourth-order valence-electron chi connectivity index (χ4n) is 2.08. The number of hydrogen-bond acceptors (Lipinski definition) is 6. The molecule has 1 aromatic carbocycles. The molecular formula is C15H19N3OS2. The molecule has 0 amide bonds. The van der Waals surface area contributed by atoms with Crippen molar-refractivity contribution in [2.75, 3.05) is 18.1 Å². The van der Waals surface area contributed by atoms with Gasteiger partial charge in [0.2, 0.25) is 5.13 Å². The highest BCUT2D eigenvalue weighted by Crippen LogP contribution is 2.27. The summed E-state index contributed by atoms with van der Waals surface area (Å²) in [4.78, 5) is 12.5. The number of nitrogens with one attached hydrogen (secondary N) is 1. The number of thioether (sulfide) groups is 1. The molecule has 112 valence electrons. The quantitative estimate of drug-likeness (QED) is 0.671. The van der Waals surface area contributed by atoms with Crippen LogP contribution in [-0.2, 0) is 0 Å². The number of carbonyl (C=O) groups excluding carboxylic acids is 1. The molecule has 0 saturated carbocycles. The molecule has 0 aliphatic carbocycles. The van der Waals surface area contributed by atoms with Crippen molar-refractivity contribution < 1.29 is 4.79 Å². The van der Waals surface area contributed by atoms with Crippen LogP contribution in [0.1, 0.15) is 32.6 Å². The molecule has 1 aromatic heterocycles. The average molecular weight is 321 g/mol. The van der Waals surface area contributed by atoms with Crippen LogP contribution >= 0.6 is 23.1 Å². The largest absolute Gasteiger partial charge is 0.363 e. The summed E-state index contributed by atoms with van der Waals surface area (Å²) in [5.41, 5.74) is 5.54. The normalized spacial score (nSPS) is 10.7. The van der Waals surface area contributed by atoms with E-state index >= 15 is 0 Å². The molecule has 1 N–H and O–H groups in total. The lowest BCUT2D eigenvalue weighted by Crippen LogP contribution is -2.08. The molecule has 0 fully saturated rings. The van der Waals surface area contributed by atoms with E-state index in [1.165, 1.54) is 39.8 Å². The van der Waals surface area contributed by atoms with Crippen LogP contribution in [0, 0.1) is 27.7 Å². The first kappa shape index (κ1) is 16.0. The van der Waals surface area contributed by atoms with Crippen molar-refractivity contribution in [3.8, 4) is 0 Å². The Hall–Kier alpha value is -1.40. The predicted molar refractivity (Wildman–Crippen MR) is 89.9 cm³/mol. The summed E-state index contributed by atoms with van der Waals surface area (Å²) in [6.07, 6.45) is 0.